The third kappa shape index (κ3) is 4.81. The maximum atomic E-state index is 12.2. The van der Waals surface area contributed by atoms with Crippen molar-refractivity contribution in [1.29, 1.82) is 0 Å². The molecule has 1 N–H and O–H groups in total. The van der Waals surface area contributed by atoms with Crippen LogP contribution in [-0.2, 0) is 9.59 Å². The van der Waals surface area contributed by atoms with Gasteiger partial charge in [0, 0.05) is 31.6 Å². The normalized spacial score (nSPS) is 15.3. The average Bonchev–Trinajstić information content (AvgIpc) is 2.54. The van der Waals surface area contributed by atoms with Crippen molar-refractivity contribution in [3.63, 3.8) is 0 Å². The molecule has 23 heavy (non-hydrogen) atoms. The highest BCUT2D eigenvalue weighted by molar-refractivity contribution is 5.91. The lowest BCUT2D eigenvalue weighted by molar-refractivity contribution is -0.126. The van der Waals surface area contributed by atoms with E-state index in [2.05, 4.69) is 12.2 Å². The summed E-state index contributed by atoms with van der Waals surface area (Å²) in [5.41, 5.74) is 3.27. The number of nitrogens with zero attached hydrogens (tertiary/aromatic N) is 1. The summed E-state index contributed by atoms with van der Waals surface area (Å²) in [6.07, 6.45) is 5.55. The molecule has 1 saturated carbocycles. The monoisotopic (exact) mass is 316 g/mol. The number of nitrogens with one attached hydrogen (secondary N) is 1. The molecule has 0 heterocycles. The topological polar surface area (TPSA) is 49.4 Å². The smallest absolute Gasteiger partial charge is 0.223 e. The van der Waals surface area contributed by atoms with Gasteiger partial charge < -0.3 is 10.2 Å². The van der Waals surface area contributed by atoms with E-state index in [1.54, 1.807) is 11.8 Å². The Kier molecular flexibility index (Phi) is 6.20. The first kappa shape index (κ1) is 17.5. The predicted octanol–water partition coefficient (Wildman–Crippen LogP) is 3.35. The van der Waals surface area contributed by atoms with Crippen LogP contribution in [0.1, 0.15) is 50.2 Å². The largest absolute Gasteiger partial charge is 0.354 e. The van der Waals surface area contributed by atoms with Crippen LogP contribution >= 0.6 is 0 Å². The number of amides is 2. The van der Waals surface area contributed by atoms with E-state index in [0.29, 0.717) is 13.1 Å². The van der Waals surface area contributed by atoms with E-state index in [1.807, 2.05) is 25.1 Å². The Morgan fingerprint density at radius 1 is 1.13 bits per heavy atom. The van der Waals surface area contributed by atoms with Crippen molar-refractivity contribution in [3.05, 3.63) is 29.3 Å². The van der Waals surface area contributed by atoms with Crippen LogP contribution in [0, 0.1) is 19.8 Å². The van der Waals surface area contributed by atoms with E-state index < -0.39 is 0 Å². The first-order valence-corrected chi connectivity index (χ1v) is 8.62. The maximum Gasteiger partial charge on any atom is 0.223 e. The molecular weight excluding hydrogens is 288 g/mol. The lowest BCUT2D eigenvalue weighted by Crippen LogP contribution is -2.40. The molecule has 0 spiro atoms. The van der Waals surface area contributed by atoms with Gasteiger partial charge in [0.1, 0.15) is 0 Å². The minimum absolute atomic E-state index is 0.000156. The molecule has 1 aromatic carbocycles. The standard InChI is InChI=1S/C19H28N2O2/c1-14-9-10-18(13-15(14)2)21(16(3)22)12-11-20-19(23)17-7-5-4-6-8-17/h9-10,13,17H,4-8,11-12H2,1-3H3,(H,20,23). The van der Waals surface area contributed by atoms with Crippen LogP contribution in [0.2, 0.25) is 0 Å². The van der Waals surface area contributed by atoms with E-state index in [-0.39, 0.29) is 17.7 Å². The van der Waals surface area contributed by atoms with Gasteiger partial charge in [-0.25, -0.2) is 0 Å². The summed E-state index contributed by atoms with van der Waals surface area (Å²) < 4.78 is 0. The average molecular weight is 316 g/mol. The van der Waals surface area contributed by atoms with Gasteiger partial charge in [-0.05, 0) is 49.9 Å². The van der Waals surface area contributed by atoms with Crippen LogP contribution < -0.4 is 10.2 Å². The van der Waals surface area contributed by atoms with Crippen molar-refractivity contribution in [1.82, 2.24) is 5.32 Å². The van der Waals surface area contributed by atoms with Crippen molar-refractivity contribution < 1.29 is 9.59 Å². The fourth-order valence-corrected chi connectivity index (χ4v) is 3.16. The molecule has 4 heteroatoms. The van der Waals surface area contributed by atoms with Gasteiger partial charge in [-0.15, -0.1) is 0 Å². The van der Waals surface area contributed by atoms with E-state index in [9.17, 15) is 9.59 Å². The van der Waals surface area contributed by atoms with Crippen LogP contribution in [0.25, 0.3) is 0 Å². The summed E-state index contributed by atoms with van der Waals surface area (Å²) in [6, 6.07) is 6.02. The highest BCUT2D eigenvalue weighted by Crippen LogP contribution is 2.23. The van der Waals surface area contributed by atoms with Crippen LogP contribution in [0.4, 0.5) is 5.69 Å². The van der Waals surface area contributed by atoms with Crippen LogP contribution in [0.15, 0.2) is 18.2 Å². The molecule has 0 aromatic heterocycles. The Balaban J connectivity index is 1.91. The molecule has 1 aliphatic carbocycles. The molecule has 1 aliphatic rings. The van der Waals surface area contributed by atoms with Gasteiger partial charge in [0.25, 0.3) is 0 Å². The third-order valence-electron chi connectivity index (χ3n) is 4.79. The van der Waals surface area contributed by atoms with Gasteiger partial charge in [-0.3, -0.25) is 9.59 Å². The zero-order chi connectivity index (χ0) is 16.8. The van der Waals surface area contributed by atoms with Crippen LogP contribution in [0.3, 0.4) is 0 Å². The fraction of sp³-hybridized carbons (Fsp3) is 0.579. The maximum absolute atomic E-state index is 12.2. The summed E-state index contributed by atoms with van der Waals surface area (Å²) >= 11 is 0. The van der Waals surface area contributed by atoms with Gasteiger partial charge in [-0.1, -0.05) is 25.3 Å². The van der Waals surface area contributed by atoms with E-state index >= 15 is 0 Å². The molecule has 0 atom stereocenters. The number of aryl methyl sites for hydroxylation is 2. The Morgan fingerprint density at radius 2 is 1.83 bits per heavy atom. The zero-order valence-electron chi connectivity index (χ0n) is 14.5. The SMILES string of the molecule is CC(=O)N(CCNC(=O)C1CCCCC1)c1ccc(C)c(C)c1. The lowest BCUT2D eigenvalue weighted by Gasteiger charge is -2.24. The number of benzene rings is 1. The first-order chi connectivity index (χ1) is 11.0. The molecule has 126 valence electrons. The number of carbonyl (C=O) groups excluding carboxylic acids is 2. The molecule has 0 aliphatic heterocycles. The van der Waals surface area contributed by atoms with Gasteiger partial charge in [0.05, 0.1) is 0 Å². The van der Waals surface area contributed by atoms with Crippen molar-refractivity contribution in [2.24, 2.45) is 5.92 Å². The molecule has 4 nitrogen and oxygen atoms in total. The highest BCUT2D eigenvalue weighted by atomic mass is 16.2. The number of rotatable bonds is 5. The van der Waals surface area contributed by atoms with Gasteiger partial charge in [-0.2, -0.15) is 0 Å². The van der Waals surface area contributed by atoms with Gasteiger partial charge in [0.2, 0.25) is 11.8 Å². The van der Waals surface area contributed by atoms with Crippen LogP contribution in [-0.4, -0.2) is 24.9 Å². The van der Waals surface area contributed by atoms with Crippen molar-refractivity contribution >= 4 is 17.5 Å². The Bertz CT molecular complexity index is 562. The molecule has 0 unspecified atom stereocenters. The zero-order valence-corrected chi connectivity index (χ0v) is 14.5. The summed E-state index contributed by atoms with van der Waals surface area (Å²) in [5.74, 6) is 0.310. The molecule has 0 saturated heterocycles. The van der Waals surface area contributed by atoms with E-state index in [4.69, 9.17) is 0 Å². The van der Waals surface area contributed by atoms with Gasteiger partial charge >= 0.3 is 0 Å². The van der Waals surface area contributed by atoms with Crippen molar-refractivity contribution in [2.75, 3.05) is 18.0 Å². The van der Waals surface area contributed by atoms with Gasteiger partial charge in [0.15, 0.2) is 0 Å². The van der Waals surface area contributed by atoms with Crippen molar-refractivity contribution in [2.45, 2.75) is 52.9 Å². The molecule has 2 amide bonds. The van der Waals surface area contributed by atoms with E-state index in [0.717, 1.165) is 31.4 Å². The molecule has 1 aromatic rings. The molecular formula is C19H28N2O2. The number of hydrogen-bond acceptors (Lipinski definition) is 2. The number of carbonyl (C=O) groups is 2. The predicted molar refractivity (Wildman–Crippen MR) is 93.5 cm³/mol. The first-order valence-electron chi connectivity index (χ1n) is 8.62. The van der Waals surface area contributed by atoms with Crippen molar-refractivity contribution in [3.8, 4) is 0 Å². The second-order valence-electron chi connectivity index (χ2n) is 6.57. The Labute approximate surface area is 139 Å². The second-order valence-corrected chi connectivity index (χ2v) is 6.57. The molecule has 0 bridgehead atoms. The molecule has 1 fully saturated rings. The number of hydrogen-bond donors (Lipinski definition) is 1. The fourth-order valence-electron chi connectivity index (χ4n) is 3.16. The summed E-state index contributed by atoms with van der Waals surface area (Å²) in [6.45, 7) is 6.68. The lowest BCUT2D eigenvalue weighted by atomic mass is 9.89. The summed E-state index contributed by atoms with van der Waals surface area (Å²) in [5, 5.41) is 3.00. The molecule has 0 radical (unpaired) electrons. The second kappa shape index (κ2) is 8.14. The highest BCUT2D eigenvalue weighted by Gasteiger charge is 2.21. The third-order valence-corrected chi connectivity index (χ3v) is 4.79. The van der Waals surface area contributed by atoms with E-state index in [1.165, 1.54) is 17.5 Å². The molecule has 2 rings (SSSR count). The minimum Gasteiger partial charge on any atom is -0.354 e. The Morgan fingerprint density at radius 3 is 2.43 bits per heavy atom. The summed E-state index contributed by atoms with van der Waals surface area (Å²) in [4.78, 5) is 25.8. The van der Waals surface area contributed by atoms with Crippen LogP contribution in [0.5, 0.6) is 0 Å². The quantitative estimate of drug-likeness (QED) is 0.905. The summed E-state index contributed by atoms with van der Waals surface area (Å²) in [7, 11) is 0. The Hall–Kier alpha value is -1.84. The minimum atomic E-state index is 0.000156. The number of anilines is 1.